The largest absolute Gasteiger partial charge is 0.357 e. The van der Waals surface area contributed by atoms with Crippen LogP contribution in [0.3, 0.4) is 0 Å². The Balaban J connectivity index is 2.28. The van der Waals surface area contributed by atoms with E-state index in [-0.39, 0.29) is 37.7 Å². The molecule has 0 aliphatic heterocycles. The topological polar surface area (TPSA) is 86.8 Å². The second-order valence-corrected chi connectivity index (χ2v) is 11.2. The van der Waals surface area contributed by atoms with Crippen LogP contribution in [-0.2, 0) is 26.2 Å². The van der Waals surface area contributed by atoms with Gasteiger partial charge in [-0.3, -0.25) is 13.9 Å². The van der Waals surface area contributed by atoms with Crippen molar-refractivity contribution < 1.29 is 18.0 Å². The van der Waals surface area contributed by atoms with Crippen LogP contribution in [0.15, 0.2) is 36.4 Å². The molecule has 192 valence electrons. The lowest BCUT2D eigenvalue weighted by Crippen LogP contribution is -2.48. The van der Waals surface area contributed by atoms with E-state index >= 15 is 0 Å². The first kappa shape index (κ1) is 29.2. The van der Waals surface area contributed by atoms with Crippen LogP contribution in [0.1, 0.15) is 37.3 Å². The Morgan fingerprint density at radius 2 is 1.60 bits per heavy atom. The van der Waals surface area contributed by atoms with Gasteiger partial charge in [0.05, 0.1) is 11.9 Å². The van der Waals surface area contributed by atoms with Gasteiger partial charge in [-0.2, -0.15) is 0 Å². The average Bonchev–Trinajstić information content (AvgIpc) is 2.79. The molecule has 0 fully saturated rings. The molecule has 11 heteroatoms. The summed E-state index contributed by atoms with van der Waals surface area (Å²) in [6.07, 6.45) is 1.74. The Morgan fingerprint density at radius 1 is 1.03 bits per heavy atom. The normalized spacial score (nSPS) is 12.2. The van der Waals surface area contributed by atoms with Crippen LogP contribution in [0, 0.1) is 6.92 Å². The lowest BCUT2D eigenvalue weighted by Gasteiger charge is -2.31. The maximum Gasteiger partial charge on any atom is 0.242 e. The van der Waals surface area contributed by atoms with Crippen molar-refractivity contribution in [3.8, 4) is 0 Å². The molecular formula is C24H30Cl3N3O4S. The van der Waals surface area contributed by atoms with Crippen LogP contribution in [0.2, 0.25) is 15.1 Å². The molecule has 0 aliphatic carbocycles. The number of anilines is 1. The fourth-order valence-electron chi connectivity index (χ4n) is 3.79. The maximum absolute atomic E-state index is 13.4. The predicted octanol–water partition coefficient (Wildman–Crippen LogP) is 5.05. The zero-order valence-electron chi connectivity index (χ0n) is 20.1. The van der Waals surface area contributed by atoms with E-state index in [0.29, 0.717) is 38.3 Å². The molecule has 0 spiro atoms. The van der Waals surface area contributed by atoms with Crippen molar-refractivity contribution in [1.82, 2.24) is 10.2 Å². The summed E-state index contributed by atoms with van der Waals surface area (Å²) < 4.78 is 26.3. The van der Waals surface area contributed by atoms with Crippen LogP contribution in [0.5, 0.6) is 0 Å². The highest BCUT2D eigenvalue weighted by atomic mass is 35.5. The van der Waals surface area contributed by atoms with Gasteiger partial charge in [-0.25, -0.2) is 8.42 Å². The van der Waals surface area contributed by atoms with Gasteiger partial charge in [0.15, 0.2) is 0 Å². The average molecular weight is 563 g/mol. The first-order valence-corrected chi connectivity index (χ1v) is 14.1. The smallest absolute Gasteiger partial charge is 0.242 e. The molecule has 0 bridgehead atoms. The number of sulfonamides is 1. The molecule has 2 aromatic carbocycles. The van der Waals surface area contributed by atoms with Crippen molar-refractivity contribution in [3.05, 3.63) is 62.6 Å². The highest BCUT2D eigenvalue weighted by Crippen LogP contribution is 2.29. The number of carbonyl (C=O) groups is 2. The molecule has 2 aromatic rings. The van der Waals surface area contributed by atoms with Crippen molar-refractivity contribution in [2.24, 2.45) is 0 Å². The molecule has 35 heavy (non-hydrogen) atoms. The van der Waals surface area contributed by atoms with Crippen LogP contribution in [0.25, 0.3) is 0 Å². The standard InChI is InChI=1S/C24H30Cl3N3O4S/c1-5-21(24(32)28-3)29(15-17-19(26)10-6-11-20(17)27)23(31)13-8-14-30(35(4,33)34)22-12-7-9-18(25)16(22)2/h6-7,9-12,21H,5,8,13-15H2,1-4H3,(H,28,32)/t21-/m0/s1. The molecule has 0 aliphatic rings. The molecule has 1 atom stereocenters. The third kappa shape index (κ3) is 7.49. The van der Waals surface area contributed by atoms with Gasteiger partial charge < -0.3 is 10.2 Å². The highest BCUT2D eigenvalue weighted by molar-refractivity contribution is 7.92. The van der Waals surface area contributed by atoms with E-state index in [9.17, 15) is 18.0 Å². The number of hydrogen-bond acceptors (Lipinski definition) is 4. The Bertz CT molecular complexity index is 1150. The molecule has 0 saturated carbocycles. The predicted molar refractivity (Wildman–Crippen MR) is 143 cm³/mol. The third-order valence-electron chi connectivity index (χ3n) is 5.68. The minimum absolute atomic E-state index is 0.0151. The van der Waals surface area contributed by atoms with E-state index < -0.39 is 16.1 Å². The Labute approximate surface area is 222 Å². The molecule has 2 amide bonds. The third-order valence-corrected chi connectivity index (χ3v) is 7.98. The lowest BCUT2D eigenvalue weighted by atomic mass is 10.1. The van der Waals surface area contributed by atoms with Gasteiger partial charge in [0, 0.05) is 47.2 Å². The molecular weight excluding hydrogens is 533 g/mol. The van der Waals surface area contributed by atoms with E-state index in [1.54, 1.807) is 43.3 Å². The zero-order valence-corrected chi connectivity index (χ0v) is 23.2. The number of halogens is 3. The van der Waals surface area contributed by atoms with Gasteiger partial charge in [-0.15, -0.1) is 0 Å². The number of nitrogens with one attached hydrogen (secondary N) is 1. The molecule has 2 rings (SSSR count). The van der Waals surface area contributed by atoms with E-state index in [4.69, 9.17) is 34.8 Å². The van der Waals surface area contributed by atoms with Crippen molar-refractivity contribution in [2.75, 3.05) is 24.2 Å². The van der Waals surface area contributed by atoms with Gasteiger partial charge in [0.25, 0.3) is 0 Å². The maximum atomic E-state index is 13.4. The fraction of sp³-hybridized carbons (Fsp3) is 0.417. The van der Waals surface area contributed by atoms with Crippen molar-refractivity contribution >= 4 is 62.3 Å². The van der Waals surface area contributed by atoms with Crippen molar-refractivity contribution in [3.63, 3.8) is 0 Å². The lowest BCUT2D eigenvalue weighted by molar-refractivity contribution is -0.141. The Hall–Kier alpha value is -2.00. The van der Waals surface area contributed by atoms with Gasteiger partial charge in [-0.1, -0.05) is 53.9 Å². The summed E-state index contributed by atoms with van der Waals surface area (Å²) in [6.45, 7) is 3.67. The number of carbonyl (C=O) groups excluding carboxylic acids is 2. The summed E-state index contributed by atoms with van der Waals surface area (Å²) in [4.78, 5) is 27.3. The zero-order chi connectivity index (χ0) is 26.3. The summed E-state index contributed by atoms with van der Waals surface area (Å²) in [7, 11) is -2.12. The van der Waals surface area contributed by atoms with Crippen LogP contribution < -0.4 is 9.62 Å². The number of benzene rings is 2. The molecule has 0 saturated heterocycles. The number of likely N-dealkylation sites (N-methyl/N-ethyl adjacent to an activating group) is 1. The van der Waals surface area contributed by atoms with Crippen molar-refractivity contribution in [2.45, 2.75) is 45.7 Å². The summed E-state index contributed by atoms with van der Waals surface area (Å²) in [5.74, 6) is -0.621. The number of hydrogen-bond donors (Lipinski definition) is 1. The van der Waals surface area contributed by atoms with Gasteiger partial charge in [0.2, 0.25) is 21.8 Å². The number of nitrogens with zero attached hydrogens (tertiary/aromatic N) is 2. The van der Waals surface area contributed by atoms with Crippen LogP contribution in [-0.4, -0.2) is 51.0 Å². The second-order valence-electron chi connectivity index (χ2n) is 8.08. The minimum atomic E-state index is -3.62. The summed E-state index contributed by atoms with van der Waals surface area (Å²) in [5, 5.41) is 3.83. The Morgan fingerprint density at radius 3 is 2.14 bits per heavy atom. The SMILES string of the molecule is CC[C@@H](C(=O)NC)N(Cc1c(Cl)cccc1Cl)C(=O)CCCN(c1cccc(Cl)c1C)S(C)(=O)=O. The Kier molecular flexibility index (Phi) is 10.7. The highest BCUT2D eigenvalue weighted by Gasteiger charge is 2.29. The molecule has 0 radical (unpaired) electrons. The van der Waals surface area contributed by atoms with E-state index in [0.717, 1.165) is 6.26 Å². The second kappa shape index (κ2) is 12.8. The summed E-state index contributed by atoms with van der Waals surface area (Å²) in [5.41, 5.74) is 1.63. The number of rotatable bonds is 11. The summed E-state index contributed by atoms with van der Waals surface area (Å²) >= 11 is 18.8. The fourth-order valence-corrected chi connectivity index (χ4v) is 5.49. The van der Waals surface area contributed by atoms with Crippen molar-refractivity contribution in [1.29, 1.82) is 0 Å². The summed E-state index contributed by atoms with van der Waals surface area (Å²) in [6, 6.07) is 9.35. The first-order valence-electron chi connectivity index (χ1n) is 11.1. The molecule has 1 N–H and O–H groups in total. The molecule has 0 unspecified atom stereocenters. The van der Waals surface area contributed by atoms with Gasteiger partial charge in [0.1, 0.15) is 6.04 Å². The van der Waals surface area contributed by atoms with Crippen LogP contribution >= 0.6 is 34.8 Å². The van der Waals surface area contributed by atoms with E-state index in [1.165, 1.54) is 16.3 Å². The van der Waals surface area contributed by atoms with E-state index in [1.807, 2.05) is 6.92 Å². The monoisotopic (exact) mass is 561 g/mol. The minimum Gasteiger partial charge on any atom is -0.357 e. The van der Waals surface area contributed by atoms with Gasteiger partial charge in [-0.05, 0) is 49.6 Å². The molecule has 0 heterocycles. The molecule has 0 aromatic heterocycles. The first-order chi connectivity index (χ1) is 16.4. The quantitative estimate of drug-likeness (QED) is 0.415. The van der Waals surface area contributed by atoms with Gasteiger partial charge >= 0.3 is 0 Å². The van der Waals surface area contributed by atoms with Crippen LogP contribution in [0.4, 0.5) is 5.69 Å². The van der Waals surface area contributed by atoms with E-state index in [2.05, 4.69) is 5.32 Å². The number of amides is 2. The molecule has 7 nitrogen and oxygen atoms in total.